The molecule has 0 unspecified atom stereocenters. The number of nitriles is 1. The number of allylic oxidation sites excluding steroid dienone is 1. The number of hydrogen-bond acceptors (Lipinski definition) is 9. The largest absolute Gasteiger partial charge is 0.500 e. The number of rotatable bonds is 6. The molecule has 150 valence electrons. The second-order valence-corrected chi connectivity index (χ2v) is 6.72. The summed E-state index contributed by atoms with van der Waals surface area (Å²) in [4.78, 5) is 25.2. The maximum atomic E-state index is 11.1. The number of aromatic nitrogens is 1. The second kappa shape index (κ2) is 8.38. The number of hydrogen-bond donors (Lipinski definition) is 1. The monoisotopic (exact) mass is 424 g/mol. The average molecular weight is 424 g/mol. The first-order valence-electron chi connectivity index (χ1n) is 8.22. The van der Waals surface area contributed by atoms with Gasteiger partial charge in [0.1, 0.15) is 11.1 Å². The van der Waals surface area contributed by atoms with Gasteiger partial charge in [0.15, 0.2) is 5.75 Å². The maximum absolute atomic E-state index is 11.1. The highest BCUT2D eigenvalue weighted by Crippen LogP contribution is 2.38. The van der Waals surface area contributed by atoms with Crippen LogP contribution in [0.3, 0.4) is 0 Å². The van der Waals surface area contributed by atoms with Gasteiger partial charge in [-0.15, -0.1) is 11.3 Å². The molecule has 0 aliphatic carbocycles. The molecule has 3 rings (SSSR count). The number of aromatic hydroxyl groups is 1. The van der Waals surface area contributed by atoms with Gasteiger partial charge in [0.25, 0.3) is 5.69 Å². The van der Waals surface area contributed by atoms with Crippen LogP contribution in [0.2, 0.25) is 0 Å². The van der Waals surface area contributed by atoms with E-state index in [1.54, 1.807) is 11.4 Å². The van der Waals surface area contributed by atoms with Crippen LogP contribution in [0.15, 0.2) is 41.8 Å². The highest BCUT2D eigenvalue weighted by atomic mass is 32.1. The minimum Gasteiger partial charge on any atom is -0.500 e. The highest BCUT2D eigenvalue weighted by Gasteiger charge is 2.20. The summed E-state index contributed by atoms with van der Waals surface area (Å²) in [5.41, 5.74) is 0.717. The molecule has 11 heteroatoms. The summed E-state index contributed by atoms with van der Waals surface area (Å²) in [6.45, 7) is 0. The predicted molar refractivity (Wildman–Crippen MR) is 109 cm³/mol. The van der Waals surface area contributed by atoms with Gasteiger partial charge in [-0.05, 0) is 17.7 Å². The molecular weight excluding hydrogens is 412 g/mol. The van der Waals surface area contributed by atoms with Gasteiger partial charge in [-0.25, -0.2) is 4.98 Å². The lowest BCUT2D eigenvalue weighted by molar-refractivity contribution is -0.386. The Labute approximate surface area is 173 Å². The van der Waals surface area contributed by atoms with Crippen LogP contribution in [0.1, 0.15) is 10.6 Å². The molecule has 1 heterocycles. The first-order chi connectivity index (χ1) is 14.3. The number of nitrogens with zero attached hydrogens (tertiary/aromatic N) is 4. The summed E-state index contributed by atoms with van der Waals surface area (Å²) in [5, 5.41) is 43.5. The molecule has 0 fully saturated rings. The lowest BCUT2D eigenvalue weighted by Gasteiger charge is -2.05. The lowest BCUT2D eigenvalue weighted by Crippen LogP contribution is -1.93. The summed E-state index contributed by atoms with van der Waals surface area (Å²) in [6.07, 6.45) is 1.38. The molecule has 2 aromatic carbocycles. The average Bonchev–Trinajstić information content (AvgIpc) is 3.22. The van der Waals surface area contributed by atoms with Crippen molar-refractivity contribution in [2.24, 2.45) is 0 Å². The molecule has 30 heavy (non-hydrogen) atoms. The van der Waals surface area contributed by atoms with Crippen molar-refractivity contribution in [1.29, 1.82) is 5.26 Å². The van der Waals surface area contributed by atoms with Crippen molar-refractivity contribution in [2.45, 2.75) is 0 Å². The quantitative estimate of drug-likeness (QED) is 0.347. The zero-order valence-corrected chi connectivity index (χ0v) is 16.1. The number of thiazole rings is 1. The third-order valence-corrected chi connectivity index (χ3v) is 4.89. The molecule has 0 saturated carbocycles. The third-order valence-electron chi connectivity index (χ3n) is 4.01. The van der Waals surface area contributed by atoms with Gasteiger partial charge in [0.05, 0.1) is 28.2 Å². The van der Waals surface area contributed by atoms with Crippen LogP contribution in [0.4, 0.5) is 11.4 Å². The van der Waals surface area contributed by atoms with Crippen LogP contribution in [-0.4, -0.2) is 27.0 Å². The van der Waals surface area contributed by atoms with Crippen molar-refractivity contribution in [2.75, 3.05) is 7.11 Å². The normalized spacial score (nSPS) is 11.0. The van der Waals surface area contributed by atoms with Gasteiger partial charge < -0.3 is 9.84 Å². The molecule has 10 nitrogen and oxygen atoms in total. The summed E-state index contributed by atoms with van der Waals surface area (Å²) >= 11 is 1.15. The van der Waals surface area contributed by atoms with Crippen molar-refractivity contribution in [3.63, 3.8) is 0 Å². The van der Waals surface area contributed by atoms with E-state index in [9.17, 15) is 30.6 Å². The van der Waals surface area contributed by atoms with E-state index in [2.05, 4.69) is 4.98 Å². The van der Waals surface area contributed by atoms with Crippen LogP contribution < -0.4 is 4.74 Å². The van der Waals surface area contributed by atoms with Crippen LogP contribution in [0.5, 0.6) is 11.5 Å². The predicted octanol–water partition coefficient (Wildman–Crippen LogP) is 4.40. The summed E-state index contributed by atoms with van der Waals surface area (Å²) in [7, 11) is 1.25. The molecule has 0 spiro atoms. The minimum absolute atomic E-state index is 0.0819. The maximum Gasteiger partial charge on any atom is 0.315 e. The summed E-state index contributed by atoms with van der Waals surface area (Å²) < 4.78 is 4.96. The van der Waals surface area contributed by atoms with E-state index >= 15 is 0 Å². The molecule has 0 saturated heterocycles. The van der Waals surface area contributed by atoms with Gasteiger partial charge in [0, 0.05) is 29.1 Å². The molecule has 0 amide bonds. The van der Waals surface area contributed by atoms with Gasteiger partial charge in [-0.1, -0.05) is 12.1 Å². The number of non-ortho nitro benzene ring substituents is 1. The molecule has 0 aliphatic heterocycles. The zero-order chi connectivity index (χ0) is 21.8. The first kappa shape index (κ1) is 20.4. The Hall–Kier alpha value is -4.30. The molecule has 0 aliphatic rings. The van der Waals surface area contributed by atoms with Crippen molar-refractivity contribution in [1.82, 2.24) is 4.98 Å². The van der Waals surface area contributed by atoms with E-state index in [0.717, 1.165) is 17.4 Å². The van der Waals surface area contributed by atoms with E-state index in [1.165, 1.54) is 37.5 Å². The van der Waals surface area contributed by atoms with E-state index in [4.69, 9.17) is 4.74 Å². The zero-order valence-electron chi connectivity index (χ0n) is 15.3. The molecule has 1 aromatic heterocycles. The molecule has 0 radical (unpaired) electrons. The van der Waals surface area contributed by atoms with Gasteiger partial charge >= 0.3 is 5.69 Å². The van der Waals surface area contributed by atoms with Gasteiger partial charge in [0.2, 0.25) is 5.75 Å². The molecular formula is C19H12N4O6S. The Morgan fingerprint density at radius 2 is 2.03 bits per heavy atom. The van der Waals surface area contributed by atoms with Gasteiger partial charge in [-0.3, -0.25) is 20.2 Å². The fourth-order valence-electron chi connectivity index (χ4n) is 2.61. The Morgan fingerprint density at radius 3 is 2.67 bits per heavy atom. The fraction of sp³-hybridized carbons (Fsp3) is 0.0526. The van der Waals surface area contributed by atoms with Crippen molar-refractivity contribution in [3.05, 3.63) is 72.6 Å². The summed E-state index contributed by atoms with van der Waals surface area (Å²) in [6, 6.07) is 10.4. The van der Waals surface area contributed by atoms with Crippen molar-refractivity contribution in [3.8, 4) is 28.8 Å². The van der Waals surface area contributed by atoms with E-state index in [-0.39, 0.29) is 22.6 Å². The molecule has 0 atom stereocenters. The topological polar surface area (TPSA) is 152 Å². The number of benzene rings is 2. The number of ether oxygens (including phenoxy) is 1. The third kappa shape index (κ3) is 4.08. The van der Waals surface area contributed by atoms with E-state index in [1.807, 2.05) is 6.07 Å². The van der Waals surface area contributed by atoms with Crippen molar-refractivity contribution >= 4 is 34.4 Å². The second-order valence-electron chi connectivity index (χ2n) is 5.86. The first-order valence-corrected chi connectivity index (χ1v) is 9.10. The Balaban J connectivity index is 2.02. The smallest absolute Gasteiger partial charge is 0.315 e. The van der Waals surface area contributed by atoms with Crippen LogP contribution in [0.25, 0.3) is 22.9 Å². The van der Waals surface area contributed by atoms with Crippen LogP contribution >= 0.6 is 11.3 Å². The Kier molecular flexibility index (Phi) is 5.70. The lowest BCUT2D eigenvalue weighted by atomic mass is 10.1. The van der Waals surface area contributed by atoms with E-state index in [0.29, 0.717) is 16.3 Å². The SMILES string of the molecule is COc1cc(/C=C(\C#N)c2nc(-c3cccc([N+](=O)[O-])c3)cs2)cc([N+](=O)[O-])c1O. The Bertz CT molecular complexity index is 1230. The standard InChI is InChI=1S/C19H12N4O6S/c1-29-17-7-11(6-16(18(17)24)23(27)28)5-13(9-20)19-21-15(10-30-19)12-3-2-4-14(8-12)22(25)26/h2-8,10,24H,1H3/b13-5+. The number of nitro groups is 2. The van der Waals surface area contributed by atoms with Crippen LogP contribution in [-0.2, 0) is 0 Å². The number of phenolic OH excluding ortho intramolecular Hbond substituents is 1. The van der Waals surface area contributed by atoms with E-state index < -0.39 is 21.3 Å². The van der Waals surface area contributed by atoms with Crippen molar-refractivity contribution < 1.29 is 19.7 Å². The number of nitro benzene ring substituents is 2. The minimum atomic E-state index is -0.759. The highest BCUT2D eigenvalue weighted by molar-refractivity contribution is 7.11. The molecule has 1 N–H and O–H groups in total. The number of phenols is 1. The van der Waals surface area contributed by atoms with Gasteiger partial charge in [-0.2, -0.15) is 5.26 Å². The fourth-order valence-corrected chi connectivity index (χ4v) is 3.40. The number of methoxy groups -OCH3 is 1. The Morgan fingerprint density at radius 1 is 1.27 bits per heavy atom. The summed E-state index contributed by atoms with van der Waals surface area (Å²) in [5.74, 6) is -0.718. The molecule has 0 bridgehead atoms. The van der Waals surface area contributed by atoms with Crippen LogP contribution in [0, 0.1) is 31.6 Å². The molecule has 3 aromatic rings.